The fraction of sp³-hybridized carbons (Fsp3) is 0.500. The van der Waals surface area contributed by atoms with Crippen LogP contribution in [0.2, 0.25) is 0 Å². The summed E-state index contributed by atoms with van der Waals surface area (Å²) in [4.78, 5) is 14.3. The van der Waals surface area contributed by atoms with Crippen LogP contribution in [0.4, 0.5) is 0 Å². The molecule has 0 radical (unpaired) electrons. The van der Waals surface area contributed by atoms with Crippen molar-refractivity contribution in [2.45, 2.75) is 19.9 Å². The SMILES string of the molecule is CCOc1cccc(C(=O)N2CCNC[C@@H]2C)c1.Cl. The molecule has 0 bridgehead atoms. The number of nitrogens with one attached hydrogen (secondary N) is 1. The van der Waals surface area contributed by atoms with Crippen molar-refractivity contribution in [1.82, 2.24) is 10.2 Å². The molecule has 1 aromatic carbocycles. The minimum absolute atomic E-state index is 0. The molecule has 1 N–H and O–H groups in total. The Kier molecular flexibility index (Phi) is 6.12. The topological polar surface area (TPSA) is 41.6 Å². The zero-order chi connectivity index (χ0) is 13.0. The molecule has 106 valence electrons. The summed E-state index contributed by atoms with van der Waals surface area (Å²) in [5, 5.41) is 3.28. The molecule has 1 aromatic rings. The van der Waals surface area contributed by atoms with Gasteiger partial charge >= 0.3 is 0 Å². The summed E-state index contributed by atoms with van der Waals surface area (Å²) in [5.74, 6) is 0.844. The molecule has 0 spiro atoms. The van der Waals surface area contributed by atoms with Gasteiger partial charge in [-0.1, -0.05) is 6.07 Å². The van der Waals surface area contributed by atoms with Gasteiger partial charge in [0.2, 0.25) is 0 Å². The van der Waals surface area contributed by atoms with Gasteiger partial charge in [-0.3, -0.25) is 4.79 Å². The Bertz CT molecular complexity index is 426. The summed E-state index contributed by atoms with van der Waals surface area (Å²) in [6, 6.07) is 7.65. The van der Waals surface area contributed by atoms with Crippen molar-refractivity contribution in [3.05, 3.63) is 29.8 Å². The van der Waals surface area contributed by atoms with E-state index in [0.29, 0.717) is 12.2 Å². The predicted molar refractivity (Wildman–Crippen MR) is 78.2 cm³/mol. The molecule has 2 rings (SSSR count). The summed E-state index contributed by atoms with van der Waals surface area (Å²) >= 11 is 0. The van der Waals surface area contributed by atoms with Crippen molar-refractivity contribution in [3.8, 4) is 5.75 Å². The summed E-state index contributed by atoms with van der Waals surface area (Å²) in [6.07, 6.45) is 0. The predicted octanol–water partition coefficient (Wildman–Crippen LogP) is 1.94. The lowest BCUT2D eigenvalue weighted by atomic mass is 10.1. The summed E-state index contributed by atoms with van der Waals surface area (Å²) in [7, 11) is 0. The molecule has 0 aliphatic carbocycles. The lowest BCUT2D eigenvalue weighted by molar-refractivity contribution is 0.0655. The number of ether oxygens (including phenoxy) is 1. The molecule has 1 fully saturated rings. The Labute approximate surface area is 120 Å². The first kappa shape index (κ1) is 15.8. The zero-order valence-corrected chi connectivity index (χ0v) is 12.2. The molecule has 1 heterocycles. The van der Waals surface area contributed by atoms with Crippen molar-refractivity contribution in [3.63, 3.8) is 0 Å². The second-order valence-corrected chi connectivity index (χ2v) is 4.51. The second kappa shape index (κ2) is 7.36. The van der Waals surface area contributed by atoms with Crippen LogP contribution in [0.1, 0.15) is 24.2 Å². The lowest BCUT2D eigenvalue weighted by Crippen LogP contribution is -2.52. The van der Waals surface area contributed by atoms with Gasteiger partial charge in [-0.05, 0) is 32.0 Å². The van der Waals surface area contributed by atoms with Crippen molar-refractivity contribution >= 4 is 18.3 Å². The number of carbonyl (C=O) groups excluding carboxylic acids is 1. The van der Waals surface area contributed by atoms with Gasteiger partial charge in [-0.15, -0.1) is 12.4 Å². The van der Waals surface area contributed by atoms with Crippen molar-refractivity contribution in [2.24, 2.45) is 0 Å². The second-order valence-electron chi connectivity index (χ2n) is 4.51. The van der Waals surface area contributed by atoms with Gasteiger partial charge in [0, 0.05) is 31.2 Å². The minimum atomic E-state index is 0. The van der Waals surface area contributed by atoms with Gasteiger partial charge in [0.05, 0.1) is 6.61 Å². The molecule has 1 aliphatic heterocycles. The number of hydrogen-bond donors (Lipinski definition) is 1. The molecule has 0 aromatic heterocycles. The molecule has 1 amide bonds. The van der Waals surface area contributed by atoms with E-state index in [-0.39, 0.29) is 24.4 Å². The first-order valence-corrected chi connectivity index (χ1v) is 6.47. The fourth-order valence-corrected chi connectivity index (χ4v) is 2.19. The van der Waals surface area contributed by atoms with E-state index in [2.05, 4.69) is 12.2 Å². The molecule has 19 heavy (non-hydrogen) atoms. The maximum absolute atomic E-state index is 12.4. The normalized spacial score (nSPS) is 18.6. The van der Waals surface area contributed by atoms with Crippen LogP contribution in [0.5, 0.6) is 5.75 Å². The quantitative estimate of drug-likeness (QED) is 0.922. The van der Waals surface area contributed by atoms with Crippen LogP contribution in [0.15, 0.2) is 24.3 Å². The minimum Gasteiger partial charge on any atom is -0.494 e. The number of amides is 1. The summed E-state index contributed by atoms with van der Waals surface area (Å²) < 4.78 is 5.43. The van der Waals surface area contributed by atoms with Gasteiger partial charge < -0.3 is 15.0 Å². The zero-order valence-electron chi connectivity index (χ0n) is 11.4. The van der Waals surface area contributed by atoms with E-state index < -0.39 is 0 Å². The van der Waals surface area contributed by atoms with Crippen LogP contribution in [-0.4, -0.2) is 43.1 Å². The molecular formula is C14H21ClN2O2. The molecule has 1 aliphatic rings. The highest BCUT2D eigenvalue weighted by Gasteiger charge is 2.24. The molecular weight excluding hydrogens is 264 g/mol. The highest BCUT2D eigenvalue weighted by molar-refractivity contribution is 5.94. The van der Waals surface area contributed by atoms with Gasteiger partial charge in [-0.2, -0.15) is 0 Å². The third-order valence-electron chi connectivity index (χ3n) is 3.15. The average Bonchev–Trinajstić information content (AvgIpc) is 2.39. The third kappa shape index (κ3) is 3.85. The van der Waals surface area contributed by atoms with E-state index in [1.807, 2.05) is 36.1 Å². The van der Waals surface area contributed by atoms with Crippen LogP contribution >= 0.6 is 12.4 Å². The third-order valence-corrected chi connectivity index (χ3v) is 3.15. The number of piperazine rings is 1. The van der Waals surface area contributed by atoms with E-state index in [4.69, 9.17) is 4.74 Å². The number of carbonyl (C=O) groups is 1. The van der Waals surface area contributed by atoms with Crippen LogP contribution in [-0.2, 0) is 0 Å². The average molecular weight is 285 g/mol. The molecule has 0 saturated carbocycles. The van der Waals surface area contributed by atoms with Gasteiger partial charge in [-0.25, -0.2) is 0 Å². The Morgan fingerprint density at radius 3 is 3.00 bits per heavy atom. The Balaban J connectivity index is 0.00000180. The molecule has 4 nitrogen and oxygen atoms in total. The maximum Gasteiger partial charge on any atom is 0.254 e. The highest BCUT2D eigenvalue weighted by atomic mass is 35.5. The fourth-order valence-electron chi connectivity index (χ4n) is 2.19. The van der Waals surface area contributed by atoms with E-state index >= 15 is 0 Å². The van der Waals surface area contributed by atoms with E-state index in [1.165, 1.54) is 0 Å². The number of benzene rings is 1. The number of halogens is 1. The maximum atomic E-state index is 12.4. The molecule has 0 unspecified atom stereocenters. The Morgan fingerprint density at radius 1 is 1.53 bits per heavy atom. The molecule has 5 heteroatoms. The van der Waals surface area contributed by atoms with E-state index in [9.17, 15) is 4.79 Å². The smallest absolute Gasteiger partial charge is 0.254 e. The van der Waals surface area contributed by atoms with Crippen LogP contribution in [0.25, 0.3) is 0 Å². The molecule has 1 saturated heterocycles. The largest absolute Gasteiger partial charge is 0.494 e. The van der Waals surface area contributed by atoms with E-state index in [1.54, 1.807) is 0 Å². The monoisotopic (exact) mass is 284 g/mol. The van der Waals surface area contributed by atoms with Gasteiger partial charge in [0.1, 0.15) is 5.75 Å². The van der Waals surface area contributed by atoms with Crippen LogP contribution in [0, 0.1) is 0 Å². The lowest BCUT2D eigenvalue weighted by Gasteiger charge is -2.34. The van der Waals surface area contributed by atoms with Gasteiger partial charge in [0.25, 0.3) is 5.91 Å². The number of rotatable bonds is 3. The van der Waals surface area contributed by atoms with Crippen molar-refractivity contribution < 1.29 is 9.53 Å². The number of nitrogens with zero attached hydrogens (tertiary/aromatic N) is 1. The Morgan fingerprint density at radius 2 is 2.32 bits per heavy atom. The standard InChI is InChI=1S/C14H20N2O2.ClH/c1-3-18-13-6-4-5-12(9-13)14(17)16-8-7-15-10-11(16)2;/h4-6,9,11,15H,3,7-8,10H2,1-2H3;1H/t11-;/m0./s1. The van der Waals surface area contributed by atoms with E-state index in [0.717, 1.165) is 25.4 Å². The highest BCUT2D eigenvalue weighted by Crippen LogP contribution is 2.16. The van der Waals surface area contributed by atoms with Gasteiger partial charge in [0.15, 0.2) is 0 Å². The first-order chi connectivity index (χ1) is 8.72. The summed E-state index contributed by atoms with van der Waals surface area (Å²) in [5.41, 5.74) is 0.703. The Hall–Kier alpha value is -1.26. The van der Waals surface area contributed by atoms with Crippen molar-refractivity contribution in [1.29, 1.82) is 0 Å². The van der Waals surface area contributed by atoms with Crippen LogP contribution < -0.4 is 10.1 Å². The number of hydrogen-bond acceptors (Lipinski definition) is 3. The van der Waals surface area contributed by atoms with Crippen molar-refractivity contribution in [2.75, 3.05) is 26.2 Å². The van der Waals surface area contributed by atoms with Crippen LogP contribution in [0.3, 0.4) is 0 Å². The first-order valence-electron chi connectivity index (χ1n) is 6.47. The summed E-state index contributed by atoms with van der Waals surface area (Å²) in [6.45, 7) is 7.10. The molecule has 1 atom stereocenters.